The van der Waals surface area contributed by atoms with E-state index in [9.17, 15) is 4.79 Å². The van der Waals surface area contributed by atoms with Gasteiger partial charge >= 0.3 is 5.97 Å². The molecule has 3 nitrogen and oxygen atoms in total. The second kappa shape index (κ2) is 5.75. The van der Waals surface area contributed by atoms with Crippen LogP contribution in [0.5, 0.6) is 0 Å². The zero-order chi connectivity index (χ0) is 10.4. The van der Waals surface area contributed by atoms with Crippen LogP contribution in [0.15, 0.2) is 12.2 Å². The number of aliphatic carboxylic acids is 1. The number of rotatable bonds is 6. The molecule has 0 aromatic heterocycles. The summed E-state index contributed by atoms with van der Waals surface area (Å²) < 4.78 is 0. The highest BCUT2D eigenvalue weighted by Gasteiger charge is 2.09. The summed E-state index contributed by atoms with van der Waals surface area (Å²) in [5.41, 5.74) is 0.255. The van der Waals surface area contributed by atoms with Gasteiger partial charge in [-0.2, -0.15) is 0 Å². The average Bonchev–Trinajstić information content (AvgIpc) is 2.03. The molecule has 0 bridgehead atoms. The second-order valence-electron chi connectivity index (χ2n) is 3.62. The van der Waals surface area contributed by atoms with E-state index in [2.05, 4.69) is 20.4 Å². The summed E-state index contributed by atoms with van der Waals surface area (Å²) in [6.45, 7) is 9.13. The van der Waals surface area contributed by atoms with E-state index in [1.165, 1.54) is 0 Å². The van der Waals surface area contributed by atoms with E-state index in [4.69, 9.17) is 5.11 Å². The predicted molar refractivity (Wildman–Crippen MR) is 53.7 cm³/mol. The molecule has 0 saturated carbocycles. The normalized spacial score (nSPS) is 12.9. The van der Waals surface area contributed by atoms with E-state index in [1.54, 1.807) is 0 Å². The summed E-state index contributed by atoms with van der Waals surface area (Å²) in [4.78, 5) is 12.5. The fourth-order valence-corrected chi connectivity index (χ4v) is 1.12. The Labute approximate surface area is 80.0 Å². The maximum Gasteiger partial charge on any atom is 0.332 e. The van der Waals surface area contributed by atoms with Gasteiger partial charge in [0.15, 0.2) is 0 Å². The molecule has 0 aliphatic heterocycles. The molecule has 0 fully saturated rings. The lowest BCUT2D eigenvalue weighted by Crippen LogP contribution is -2.27. The van der Waals surface area contributed by atoms with Crippen LogP contribution in [0.2, 0.25) is 0 Å². The molecule has 13 heavy (non-hydrogen) atoms. The van der Waals surface area contributed by atoms with Gasteiger partial charge in [-0.05, 0) is 13.0 Å². The standard InChI is InChI=1S/C10H19NO2/c1-5-8(2)6-11(4)7-9(3)10(12)13/h8H,3,5-7H2,1-2,4H3,(H,12,13). The fourth-order valence-electron chi connectivity index (χ4n) is 1.12. The lowest BCUT2D eigenvalue weighted by atomic mass is 10.1. The van der Waals surface area contributed by atoms with Crippen LogP contribution in [0.3, 0.4) is 0 Å². The van der Waals surface area contributed by atoms with Gasteiger partial charge in [0.2, 0.25) is 0 Å². The molecule has 1 N–H and O–H groups in total. The van der Waals surface area contributed by atoms with Crippen LogP contribution in [-0.4, -0.2) is 36.1 Å². The van der Waals surface area contributed by atoms with Crippen molar-refractivity contribution < 1.29 is 9.90 Å². The Morgan fingerprint density at radius 2 is 2.15 bits per heavy atom. The zero-order valence-electron chi connectivity index (χ0n) is 8.71. The summed E-state index contributed by atoms with van der Waals surface area (Å²) in [7, 11) is 1.92. The van der Waals surface area contributed by atoms with E-state index < -0.39 is 5.97 Å². The van der Waals surface area contributed by atoms with Gasteiger partial charge in [0.25, 0.3) is 0 Å². The number of likely N-dealkylation sites (N-methyl/N-ethyl adjacent to an activating group) is 1. The van der Waals surface area contributed by atoms with Gasteiger partial charge in [-0.1, -0.05) is 26.8 Å². The van der Waals surface area contributed by atoms with Crippen LogP contribution < -0.4 is 0 Å². The van der Waals surface area contributed by atoms with Gasteiger partial charge in [-0.25, -0.2) is 4.79 Å². The number of carboxylic acid groups (broad SMARTS) is 1. The molecule has 1 unspecified atom stereocenters. The fraction of sp³-hybridized carbons (Fsp3) is 0.700. The van der Waals surface area contributed by atoms with Crippen LogP contribution in [0.25, 0.3) is 0 Å². The molecule has 0 radical (unpaired) electrons. The number of carboxylic acids is 1. The monoisotopic (exact) mass is 185 g/mol. The maximum absolute atomic E-state index is 10.5. The SMILES string of the molecule is C=C(CN(C)CC(C)CC)C(=O)O. The van der Waals surface area contributed by atoms with Gasteiger partial charge in [0.1, 0.15) is 0 Å². The van der Waals surface area contributed by atoms with Crippen molar-refractivity contribution in [3.8, 4) is 0 Å². The first-order chi connectivity index (χ1) is 5.97. The molecule has 0 rings (SSSR count). The maximum atomic E-state index is 10.5. The molecule has 0 spiro atoms. The van der Waals surface area contributed by atoms with Crippen molar-refractivity contribution in [2.45, 2.75) is 20.3 Å². The first-order valence-corrected chi connectivity index (χ1v) is 4.57. The summed E-state index contributed by atoms with van der Waals surface area (Å²) in [5, 5.41) is 8.60. The van der Waals surface area contributed by atoms with E-state index >= 15 is 0 Å². The van der Waals surface area contributed by atoms with Gasteiger partial charge in [-0.15, -0.1) is 0 Å². The molecule has 76 valence electrons. The molecule has 0 aromatic rings. The van der Waals surface area contributed by atoms with Crippen LogP contribution in [0, 0.1) is 5.92 Å². The van der Waals surface area contributed by atoms with Gasteiger partial charge < -0.3 is 10.0 Å². The Bertz CT molecular complexity index is 189. The molecule has 3 heteroatoms. The van der Waals surface area contributed by atoms with Gasteiger partial charge in [-0.3, -0.25) is 0 Å². The minimum atomic E-state index is -0.906. The molecule has 0 aromatic carbocycles. The minimum Gasteiger partial charge on any atom is -0.478 e. The van der Waals surface area contributed by atoms with Gasteiger partial charge in [0, 0.05) is 18.7 Å². The highest BCUT2D eigenvalue weighted by atomic mass is 16.4. The predicted octanol–water partition coefficient (Wildman–Crippen LogP) is 1.61. The lowest BCUT2D eigenvalue weighted by Gasteiger charge is -2.19. The molecule has 0 aliphatic rings. The van der Waals surface area contributed by atoms with Crippen molar-refractivity contribution in [1.82, 2.24) is 4.90 Å². The Balaban J connectivity index is 3.80. The first kappa shape index (κ1) is 12.2. The third-order valence-electron chi connectivity index (χ3n) is 2.08. The average molecular weight is 185 g/mol. The third-order valence-corrected chi connectivity index (χ3v) is 2.08. The Morgan fingerprint density at radius 1 is 1.62 bits per heavy atom. The quantitative estimate of drug-likeness (QED) is 0.639. The van der Waals surface area contributed by atoms with Crippen LogP contribution in [0.1, 0.15) is 20.3 Å². The summed E-state index contributed by atoms with van der Waals surface area (Å²) >= 11 is 0. The smallest absolute Gasteiger partial charge is 0.332 e. The van der Waals surface area contributed by atoms with Crippen molar-refractivity contribution in [3.63, 3.8) is 0 Å². The molecule has 0 heterocycles. The van der Waals surface area contributed by atoms with Crippen LogP contribution in [-0.2, 0) is 4.79 Å². The minimum absolute atomic E-state index is 0.255. The summed E-state index contributed by atoms with van der Waals surface area (Å²) in [6.07, 6.45) is 1.11. The van der Waals surface area contributed by atoms with E-state index in [0.29, 0.717) is 12.5 Å². The third kappa shape index (κ3) is 5.42. The van der Waals surface area contributed by atoms with Crippen molar-refractivity contribution in [1.29, 1.82) is 0 Å². The Kier molecular flexibility index (Phi) is 5.39. The molecule has 0 aliphatic carbocycles. The van der Waals surface area contributed by atoms with Crippen molar-refractivity contribution in [3.05, 3.63) is 12.2 Å². The zero-order valence-corrected chi connectivity index (χ0v) is 8.71. The summed E-state index contributed by atoms with van der Waals surface area (Å²) in [6, 6.07) is 0. The lowest BCUT2D eigenvalue weighted by molar-refractivity contribution is -0.132. The van der Waals surface area contributed by atoms with Gasteiger partial charge in [0.05, 0.1) is 0 Å². The number of nitrogens with zero attached hydrogens (tertiary/aromatic N) is 1. The highest BCUT2D eigenvalue weighted by molar-refractivity contribution is 5.86. The molecular formula is C10H19NO2. The molecule has 0 amide bonds. The number of hydrogen-bond acceptors (Lipinski definition) is 2. The molecule has 0 saturated heterocycles. The van der Waals surface area contributed by atoms with E-state index in [1.807, 2.05) is 11.9 Å². The molecular weight excluding hydrogens is 166 g/mol. The van der Waals surface area contributed by atoms with Crippen molar-refractivity contribution in [2.75, 3.05) is 20.1 Å². The van der Waals surface area contributed by atoms with E-state index in [-0.39, 0.29) is 5.57 Å². The van der Waals surface area contributed by atoms with Crippen molar-refractivity contribution >= 4 is 5.97 Å². The number of carbonyl (C=O) groups is 1. The largest absolute Gasteiger partial charge is 0.478 e. The first-order valence-electron chi connectivity index (χ1n) is 4.57. The molecule has 1 atom stereocenters. The van der Waals surface area contributed by atoms with Crippen LogP contribution in [0.4, 0.5) is 0 Å². The van der Waals surface area contributed by atoms with E-state index in [0.717, 1.165) is 13.0 Å². The number of hydrogen-bond donors (Lipinski definition) is 1. The topological polar surface area (TPSA) is 40.5 Å². The van der Waals surface area contributed by atoms with Crippen molar-refractivity contribution in [2.24, 2.45) is 5.92 Å². The highest BCUT2D eigenvalue weighted by Crippen LogP contribution is 2.04. The Hall–Kier alpha value is -0.830. The van der Waals surface area contributed by atoms with Crippen LogP contribution >= 0.6 is 0 Å². The Morgan fingerprint density at radius 3 is 2.54 bits per heavy atom. The second-order valence-corrected chi connectivity index (χ2v) is 3.62. The summed E-state index contributed by atoms with van der Waals surface area (Å²) in [5.74, 6) is -0.303.